The van der Waals surface area contributed by atoms with E-state index in [2.05, 4.69) is 5.32 Å². The fourth-order valence-electron chi connectivity index (χ4n) is 2.36. The number of benzene rings is 1. The first kappa shape index (κ1) is 15.0. The first-order valence-electron chi connectivity index (χ1n) is 7.33. The van der Waals surface area contributed by atoms with Crippen LogP contribution in [0, 0.1) is 5.41 Å². The molecule has 1 aromatic carbocycles. The van der Waals surface area contributed by atoms with Gasteiger partial charge in [-0.05, 0) is 44.6 Å². The number of ether oxygens (including phenoxy) is 2. The average Bonchev–Trinajstić information content (AvgIpc) is 3.13. The summed E-state index contributed by atoms with van der Waals surface area (Å²) in [5, 5.41) is 3.50. The molecule has 112 valence electrons. The molecule has 0 atom stereocenters. The van der Waals surface area contributed by atoms with Crippen LogP contribution in [0.15, 0.2) is 18.2 Å². The van der Waals surface area contributed by atoms with Gasteiger partial charge in [-0.25, -0.2) is 0 Å². The van der Waals surface area contributed by atoms with Crippen molar-refractivity contribution in [1.29, 1.82) is 0 Å². The summed E-state index contributed by atoms with van der Waals surface area (Å²) in [4.78, 5) is 0. The monoisotopic (exact) mass is 278 g/mol. The minimum Gasteiger partial charge on any atom is -0.491 e. The number of nitrogens with one attached hydrogen (secondary N) is 1. The number of hydrogen-bond donors (Lipinski definition) is 2. The van der Waals surface area contributed by atoms with Gasteiger partial charge < -0.3 is 20.5 Å². The van der Waals surface area contributed by atoms with Crippen molar-refractivity contribution >= 4 is 11.4 Å². The van der Waals surface area contributed by atoms with Crippen LogP contribution in [0.25, 0.3) is 0 Å². The zero-order valence-corrected chi connectivity index (χ0v) is 12.7. The maximum atomic E-state index is 5.93. The highest BCUT2D eigenvalue weighted by Crippen LogP contribution is 2.48. The Hall–Kier alpha value is -1.42. The van der Waals surface area contributed by atoms with E-state index in [0.717, 1.165) is 36.7 Å². The molecule has 0 radical (unpaired) electrons. The van der Waals surface area contributed by atoms with Crippen LogP contribution in [-0.2, 0) is 4.74 Å². The van der Waals surface area contributed by atoms with Crippen molar-refractivity contribution in [1.82, 2.24) is 0 Å². The van der Waals surface area contributed by atoms with E-state index in [0.29, 0.717) is 5.41 Å². The van der Waals surface area contributed by atoms with Crippen molar-refractivity contribution in [2.24, 2.45) is 5.41 Å². The van der Waals surface area contributed by atoms with Crippen LogP contribution < -0.4 is 15.8 Å². The van der Waals surface area contributed by atoms with Gasteiger partial charge in [0.2, 0.25) is 0 Å². The van der Waals surface area contributed by atoms with Gasteiger partial charge in [0, 0.05) is 43.8 Å². The predicted molar refractivity (Wildman–Crippen MR) is 83.3 cm³/mol. The minimum atomic E-state index is 0.154. The third-order valence-electron chi connectivity index (χ3n) is 3.76. The van der Waals surface area contributed by atoms with Crippen LogP contribution in [0.2, 0.25) is 0 Å². The number of anilines is 2. The molecule has 0 saturated heterocycles. The molecule has 1 aliphatic rings. The summed E-state index contributed by atoms with van der Waals surface area (Å²) in [5.41, 5.74) is 8.11. The number of rotatable bonds is 8. The quantitative estimate of drug-likeness (QED) is 0.716. The van der Waals surface area contributed by atoms with Crippen molar-refractivity contribution in [3.05, 3.63) is 18.2 Å². The van der Waals surface area contributed by atoms with E-state index in [4.69, 9.17) is 15.2 Å². The summed E-state index contributed by atoms with van der Waals surface area (Å²) in [6.45, 7) is 5.84. The standard InChI is InChI=1S/C16H26N2O2/c1-12(2)20-15-9-13(17)8-14(10-15)18-11-16(4-5-16)6-7-19-3/h8-10,12,18H,4-7,11,17H2,1-3H3. The van der Waals surface area contributed by atoms with Gasteiger partial charge in [-0.2, -0.15) is 0 Å². The smallest absolute Gasteiger partial charge is 0.123 e. The van der Waals surface area contributed by atoms with Crippen molar-refractivity contribution in [2.45, 2.75) is 39.2 Å². The summed E-state index contributed by atoms with van der Waals surface area (Å²) in [6, 6.07) is 5.84. The molecule has 3 N–H and O–H groups in total. The zero-order chi connectivity index (χ0) is 14.6. The molecule has 0 bridgehead atoms. The van der Waals surface area contributed by atoms with Gasteiger partial charge in [-0.1, -0.05) is 0 Å². The highest BCUT2D eigenvalue weighted by atomic mass is 16.5. The molecular weight excluding hydrogens is 252 g/mol. The summed E-state index contributed by atoms with van der Waals surface area (Å²) >= 11 is 0. The van der Waals surface area contributed by atoms with Gasteiger partial charge in [-0.3, -0.25) is 0 Å². The lowest BCUT2D eigenvalue weighted by atomic mass is 10.0. The Kier molecular flexibility index (Phi) is 4.76. The third kappa shape index (κ3) is 4.30. The molecule has 4 heteroatoms. The number of methoxy groups -OCH3 is 1. The Morgan fingerprint density at radius 1 is 1.30 bits per heavy atom. The largest absolute Gasteiger partial charge is 0.491 e. The topological polar surface area (TPSA) is 56.5 Å². The molecule has 0 heterocycles. The van der Waals surface area contributed by atoms with Crippen molar-refractivity contribution in [2.75, 3.05) is 31.3 Å². The van der Waals surface area contributed by atoms with Gasteiger partial charge in [0.1, 0.15) is 5.75 Å². The Labute approximate surface area is 121 Å². The van der Waals surface area contributed by atoms with Gasteiger partial charge in [-0.15, -0.1) is 0 Å². The highest BCUT2D eigenvalue weighted by molar-refractivity contribution is 5.59. The summed E-state index contributed by atoms with van der Waals surface area (Å²) in [5.74, 6) is 0.823. The second-order valence-corrected chi connectivity index (χ2v) is 6.05. The fourth-order valence-corrected chi connectivity index (χ4v) is 2.36. The molecular formula is C16H26N2O2. The summed E-state index contributed by atoms with van der Waals surface area (Å²) < 4.78 is 10.9. The van der Waals surface area contributed by atoms with Crippen LogP contribution in [-0.4, -0.2) is 26.4 Å². The molecule has 1 fully saturated rings. The Balaban J connectivity index is 1.94. The van der Waals surface area contributed by atoms with E-state index in [-0.39, 0.29) is 6.10 Å². The van der Waals surface area contributed by atoms with E-state index < -0.39 is 0 Å². The number of hydrogen-bond acceptors (Lipinski definition) is 4. The summed E-state index contributed by atoms with van der Waals surface area (Å²) in [6.07, 6.45) is 3.83. The average molecular weight is 278 g/mol. The van der Waals surface area contributed by atoms with E-state index >= 15 is 0 Å². The normalized spacial score (nSPS) is 16.2. The lowest BCUT2D eigenvalue weighted by Crippen LogP contribution is -2.17. The van der Waals surface area contributed by atoms with E-state index in [1.54, 1.807) is 7.11 Å². The SMILES string of the molecule is COCCC1(CNc2cc(N)cc(OC(C)C)c2)CC1. The van der Waals surface area contributed by atoms with Gasteiger partial charge in [0.25, 0.3) is 0 Å². The molecule has 0 aliphatic heterocycles. The molecule has 1 saturated carbocycles. The molecule has 2 rings (SSSR count). The van der Waals surface area contributed by atoms with E-state index in [1.165, 1.54) is 12.8 Å². The molecule has 0 amide bonds. The lowest BCUT2D eigenvalue weighted by Gasteiger charge is -2.18. The second-order valence-electron chi connectivity index (χ2n) is 6.05. The predicted octanol–water partition coefficient (Wildman–Crippen LogP) is 3.28. The van der Waals surface area contributed by atoms with Crippen LogP contribution in [0.3, 0.4) is 0 Å². The molecule has 4 nitrogen and oxygen atoms in total. The molecule has 0 unspecified atom stereocenters. The molecule has 1 aliphatic carbocycles. The maximum absolute atomic E-state index is 5.93. The third-order valence-corrected chi connectivity index (χ3v) is 3.76. The number of nitrogen functional groups attached to an aromatic ring is 1. The Bertz CT molecular complexity index is 442. The van der Waals surface area contributed by atoms with Gasteiger partial charge >= 0.3 is 0 Å². The first-order valence-corrected chi connectivity index (χ1v) is 7.33. The van der Waals surface area contributed by atoms with Crippen LogP contribution in [0.5, 0.6) is 5.75 Å². The second kappa shape index (κ2) is 6.35. The maximum Gasteiger partial charge on any atom is 0.123 e. The van der Waals surface area contributed by atoms with E-state index in [1.807, 2.05) is 32.0 Å². The van der Waals surface area contributed by atoms with Crippen molar-refractivity contribution < 1.29 is 9.47 Å². The first-order chi connectivity index (χ1) is 9.53. The van der Waals surface area contributed by atoms with Gasteiger partial charge in [0.15, 0.2) is 0 Å². The molecule has 20 heavy (non-hydrogen) atoms. The van der Waals surface area contributed by atoms with Crippen LogP contribution in [0.4, 0.5) is 11.4 Å². The Morgan fingerprint density at radius 3 is 2.65 bits per heavy atom. The Morgan fingerprint density at radius 2 is 2.05 bits per heavy atom. The molecule has 0 spiro atoms. The van der Waals surface area contributed by atoms with Crippen molar-refractivity contribution in [3.8, 4) is 5.75 Å². The van der Waals surface area contributed by atoms with Crippen LogP contribution >= 0.6 is 0 Å². The minimum absolute atomic E-state index is 0.154. The fraction of sp³-hybridized carbons (Fsp3) is 0.625. The van der Waals surface area contributed by atoms with E-state index in [9.17, 15) is 0 Å². The summed E-state index contributed by atoms with van der Waals surface area (Å²) in [7, 11) is 1.76. The number of nitrogens with two attached hydrogens (primary N) is 1. The van der Waals surface area contributed by atoms with Gasteiger partial charge in [0.05, 0.1) is 6.10 Å². The molecule has 1 aromatic rings. The van der Waals surface area contributed by atoms with Crippen molar-refractivity contribution in [3.63, 3.8) is 0 Å². The zero-order valence-electron chi connectivity index (χ0n) is 12.7. The van der Waals surface area contributed by atoms with Crippen LogP contribution in [0.1, 0.15) is 33.1 Å². The molecule has 0 aromatic heterocycles. The lowest BCUT2D eigenvalue weighted by molar-refractivity contribution is 0.175. The highest BCUT2D eigenvalue weighted by Gasteiger charge is 2.41.